The van der Waals surface area contributed by atoms with Gasteiger partial charge in [0, 0.05) is 4.90 Å². The van der Waals surface area contributed by atoms with E-state index in [-0.39, 0.29) is 0 Å². The van der Waals surface area contributed by atoms with Crippen molar-refractivity contribution in [2.75, 3.05) is 0 Å². The molecule has 0 spiro atoms. The van der Waals surface area contributed by atoms with Crippen LogP contribution in [-0.2, 0) is 0 Å². The highest BCUT2D eigenvalue weighted by Gasteiger charge is 2.06. The minimum atomic E-state index is 0.373. The summed E-state index contributed by atoms with van der Waals surface area (Å²) < 4.78 is 5.03. The lowest BCUT2D eigenvalue weighted by Crippen LogP contribution is -1.78. The van der Waals surface area contributed by atoms with Gasteiger partial charge >= 0.3 is 0 Å². The van der Waals surface area contributed by atoms with Crippen LogP contribution >= 0.6 is 11.8 Å². The summed E-state index contributed by atoms with van der Waals surface area (Å²) in [4.78, 5) is 12.6. The molecule has 0 amide bonds. The van der Waals surface area contributed by atoms with Gasteiger partial charge in [-0.3, -0.25) is 4.79 Å². The minimum Gasteiger partial charge on any atom is -0.460 e. The Morgan fingerprint density at radius 2 is 1.94 bits per heavy atom. The Bertz CT molecular complexity index is 497. The van der Waals surface area contributed by atoms with Crippen LogP contribution in [0.3, 0.4) is 0 Å². The van der Waals surface area contributed by atoms with Crippen LogP contribution in [-0.4, -0.2) is 6.29 Å². The van der Waals surface area contributed by atoms with Gasteiger partial charge in [0.2, 0.25) is 0 Å². The van der Waals surface area contributed by atoms with E-state index in [0.717, 1.165) is 21.6 Å². The second kappa shape index (κ2) is 4.86. The molecule has 2 rings (SSSR count). The van der Waals surface area contributed by atoms with Crippen molar-refractivity contribution in [1.82, 2.24) is 0 Å². The molecule has 3 heteroatoms. The molecule has 0 saturated carbocycles. The van der Waals surface area contributed by atoms with Crippen LogP contribution in [0.25, 0.3) is 6.08 Å². The number of rotatable bonds is 4. The number of hydrogen-bond donors (Lipinski definition) is 0. The molecule has 0 N–H and O–H groups in total. The molecule has 1 aromatic heterocycles. The minimum absolute atomic E-state index is 0.373. The second-order valence-corrected chi connectivity index (χ2v) is 4.26. The highest BCUT2D eigenvalue weighted by molar-refractivity contribution is 7.99. The van der Waals surface area contributed by atoms with E-state index < -0.39 is 0 Å². The summed E-state index contributed by atoms with van der Waals surface area (Å²) in [6, 6.07) is 9.73. The van der Waals surface area contributed by atoms with Crippen LogP contribution in [0.1, 0.15) is 16.1 Å². The largest absolute Gasteiger partial charge is 0.460 e. The van der Waals surface area contributed by atoms with Crippen LogP contribution in [0.15, 0.2) is 57.4 Å². The third kappa shape index (κ3) is 2.25. The molecule has 0 atom stereocenters. The molecule has 1 aromatic carbocycles. The maximum Gasteiger partial charge on any atom is 0.186 e. The fraction of sp³-hybridized carbons (Fsp3) is 0. The van der Waals surface area contributed by atoms with Crippen molar-refractivity contribution >= 4 is 24.1 Å². The van der Waals surface area contributed by atoms with Crippen molar-refractivity contribution in [3.05, 3.63) is 54.5 Å². The number of benzene rings is 1. The zero-order chi connectivity index (χ0) is 11.4. The van der Waals surface area contributed by atoms with Gasteiger partial charge in [0.25, 0.3) is 0 Å². The summed E-state index contributed by atoms with van der Waals surface area (Å²) in [6.07, 6.45) is 4.04. The van der Waals surface area contributed by atoms with Gasteiger partial charge in [-0.25, -0.2) is 0 Å². The third-order valence-electron chi connectivity index (χ3n) is 2.11. The van der Waals surface area contributed by atoms with Gasteiger partial charge in [0.05, 0.1) is 11.2 Å². The molecule has 0 fully saturated rings. The molecule has 80 valence electrons. The Balaban J connectivity index is 2.20. The average Bonchev–Trinajstić information content (AvgIpc) is 2.77. The lowest BCUT2D eigenvalue weighted by Gasteiger charge is -1.99. The van der Waals surface area contributed by atoms with Crippen LogP contribution in [0.4, 0.5) is 0 Å². The smallest absolute Gasteiger partial charge is 0.186 e. The first-order valence-corrected chi connectivity index (χ1v) is 5.58. The highest BCUT2D eigenvalue weighted by atomic mass is 32.2. The summed E-state index contributed by atoms with van der Waals surface area (Å²) in [6.45, 7) is 3.70. The summed E-state index contributed by atoms with van der Waals surface area (Å²) >= 11 is 1.51. The molecule has 0 aliphatic rings. The zero-order valence-electron chi connectivity index (χ0n) is 8.55. The maximum absolute atomic E-state index is 10.7. The standard InChI is InChI=1S/C13H10O2S/c1-2-10-3-5-11(6-4-10)16-13-7-8-15-12(13)9-14/h2-9H,1H2. The van der Waals surface area contributed by atoms with Gasteiger partial charge in [-0.2, -0.15) is 0 Å². The first kappa shape index (κ1) is 10.8. The summed E-state index contributed by atoms with van der Waals surface area (Å²) in [7, 11) is 0. The Labute approximate surface area is 98.0 Å². The maximum atomic E-state index is 10.7. The van der Waals surface area contributed by atoms with E-state index in [1.54, 1.807) is 12.1 Å². The predicted molar refractivity (Wildman–Crippen MR) is 64.8 cm³/mol. The van der Waals surface area contributed by atoms with Gasteiger partial charge in [-0.05, 0) is 23.8 Å². The number of carbonyl (C=O) groups is 1. The normalized spacial score (nSPS) is 10.0. The van der Waals surface area contributed by atoms with Gasteiger partial charge < -0.3 is 4.42 Å². The van der Waals surface area contributed by atoms with Gasteiger partial charge in [0.1, 0.15) is 0 Å². The Morgan fingerprint density at radius 3 is 2.56 bits per heavy atom. The molecular formula is C13H10O2S. The van der Waals surface area contributed by atoms with Crippen molar-refractivity contribution in [3.63, 3.8) is 0 Å². The molecule has 16 heavy (non-hydrogen) atoms. The number of carbonyl (C=O) groups excluding carboxylic acids is 1. The van der Waals surface area contributed by atoms with E-state index in [2.05, 4.69) is 6.58 Å². The summed E-state index contributed by atoms with van der Waals surface area (Å²) in [5.74, 6) is 0.373. The van der Waals surface area contributed by atoms with Crippen LogP contribution < -0.4 is 0 Å². The molecule has 0 unspecified atom stereocenters. The van der Waals surface area contributed by atoms with Crippen molar-refractivity contribution in [2.45, 2.75) is 9.79 Å². The molecular weight excluding hydrogens is 220 g/mol. The molecule has 1 heterocycles. The van der Waals surface area contributed by atoms with E-state index in [9.17, 15) is 4.79 Å². The first-order valence-electron chi connectivity index (χ1n) is 4.76. The fourth-order valence-corrected chi connectivity index (χ4v) is 2.12. The lowest BCUT2D eigenvalue weighted by molar-refractivity contribution is 0.109. The van der Waals surface area contributed by atoms with Gasteiger partial charge in [0.15, 0.2) is 12.0 Å². The van der Waals surface area contributed by atoms with Crippen LogP contribution in [0, 0.1) is 0 Å². The average molecular weight is 230 g/mol. The fourth-order valence-electron chi connectivity index (χ4n) is 1.28. The van der Waals surface area contributed by atoms with Gasteiger partial charge in [-0.1, -0.05) is 36.5 Å². The molecule has 2 aromatic rings. The molecule has 0 aliphatic heterocycles. The van der Waals surface area contributed by atoms with E-state index in [1.807, 2.05) is 24.3 Å². The molecule has 0 aliphatic carbocycles. The number of aldehydes is 1. The topological polar surface area (TPSA) is 30.2 Å². The van der Waals surface area contributed by atoms with Crippen molar-refractivity contribution < 1.29 is 9.21 Å². The van der Waals surface area contributed by atoms with E-state index in [4.69, 9.17) is 4.42 Å². The van der Waals surface area contributed by atoms with E-state index in [0.29, 0.717) is 5.76 Å². The SMILES string of the molecule is C=Cc1ccc(Sc2ccoc2C=O)cc1. The number of furan rings is 1. The monoisotopic (exact) mass is 230 g/mol. The third-order valence-corrected chi connectivity index (χ3v) is 3.17. The van der Waals surface area contributed by atoms with Crippen LogP contribution in [0.5, 0.6) is 0 Å². The molecule has 0 bridgehead atoms. The number of hydrogen-bond acceptors (Lipinski definition) is 3. The summed E-state index contributed by atoms with van der Waals surface area (Å²) in [5.41, 5.74) is 1.08. The first-order chi connectivity index (χ1) is 7.83. The molecule has 2 nitrogen and oxygen atoms in total. The Morgan fingerprint density at radius 1 is 1.19 bits per heavy atom. The Kier molecular flexibility index (Phi) is 3.27. The van der Waals surface area contributed by atoms with Crippen molar-refractivity contribution in [2.24, 2.45) is 0 Å². The molecule has 0 radical (unpaired) electrons. The Hall–Kier alpha value is -1.74. The lowest BCUT2D eigenvalue weighted by atomic mass is 10.2. The van der Waals surface area contributed by atoms with Crippen molar-refractivity contribution in [3.8, 4) is 0 Å². The van der Waals surface area contributed by atoms with Gasteiger partial charge in [-0.15, -0.1) is 0 Å². The predicted octanol–water partition coefficient (Wildman–Crippen LogP) is 3.89. The second-order valence-electron chi connectivity index (χ2n) is 3.14. The highest BCUT2D eigenvalue weighted by Crippen LogP contribution is 2.30. The van der Waals surface area contributed by atoms with E-state index >= 15 is 0 Å². The zero-order valence-corrected chi connectivity index (χ0v) is 9.37. The molecule has 0 saturated heterocycles. The van der Waals surface area contributed by atoms with Crippen LogP contribution in [0.2, 0.25) is 0 Å². The van der Waals surface area contributed by atoms with E-state index in [1.165, 1.54) is 18.0 Å². The summed E-state index contributed by atoms with van der Waals surface area (Å²) in [5, 5.41) is 0. The van der Waals surface area contributed by atoms with Crippen molar-refractivity contribution in [1.29, 1.82) is 0 Å². The quantitative estimate of drug-likeness (QED) is 0.746.